The van der Waals surface area contributed by atoms with Gasteiger partial charge in [-0.25, -0.2) is 0 Å². The zero-order valence-corrected chi connectivity index (χ0v) is 9.26. The second-order valence-electron chi connectivity index (χ2n) is 4.23. The highest BCUT2D eigenvalue weighted by molar-refractivity contribution is 5.75. The molecule has 14 heavy (non-hydrogen) atoms. The van der Waals surface area contributed by atoms with E-state index in [4.69, 9.17) is 4.74 Å². The lowest BCUT2D eigenvalue weighted by atomic mass is 10.0. The summed E-state index contributed by atoms with van der Waals surface area (Å²) in [4.78, 5) is 10.5. The van der Waals surface area contributed by atoms with Crippen LogP contribution in [0.5, 0.6) is 0 Å². The molecule has 0 aliphatic carbocycles. The number of hydrogen-bond donors (Lipinski definition) is 0. The third-order valence-corrected chi connectivity index (χ3v) is 2.82. The number of unbranched alkanes of at least 4 members (excludes halogenated alkanes) is 6. The van der Waals surface area contributed by atoms with Crippen molar-refractivity contribution < 1.29 is 9.53 Å². The Labute approximate surface area is 87.0 Å². The van der Waals surface area contributed by atoms with Crippen LogP contribution in [-0.2, 0) is 9.53 Å². The van der Waals surface area contributed by atoms with Crippen molar-refractivity contribution in [2.24, 2.45) is 0 Å². The van der Waals surface area contributed by atoms with E-state index in [0.29, 0.717) is 6.42 Å². The number of hydrogen-bond acceptors (Lipinski definition) is 2. The van der Waals surface area contributed by atoms with Gasteiger partial charge in [0, 0.05) is 0 Å². The van der Waals surface area contributed by atoms with Gasteiger partial charge in [0.15, 0.2) is 0 Å². The van der Waals surface area contributed by atoms with Crippen molar-refractivity contribution in [1.29, 1.82) is 0 Å². The zero-order chi connectivity index (χ0) is 10.2. The first kappa shape index (κ1) is 11.5. The van der Waals surface area contributed by atoms with Gasteiger partial charge in [0.1, 0.15) is 6.10 Å². The summed E-state index contributed by atoms with van der Waals surface area (Å²) in [7, 11) is 0. The Hall–Kier alpha value is -0.530. The van der Waals surface area contributed by atoms with Gasteiger partial charge >= 0.3 is 5.97 Å². The third-order valence-electron chi connectivity index (χ3n) is 2.82. The summed E-state index contributed by atoms with van der Waals surface area (Å²) in [6.45, 7) is 2.24. The highest BCUT2D eigenvalue weighted by Crippen LogP contribution is 2.20. The normalized spacial score (nSPS) is 20.4. The van der Waals surface area contributed by atoms with E-state index in [-0.39, 0.29) is 12.1 Å². The zero-order valence-electron chi connectivity index (χ0n) is 9.26. The molecule has 1 unspecified atom stereocenters. The molecule has 1 aliphatic heterocycles. The summed E-state index contributed by atoms with van der Waals surface area (Å²) >= 11 is 0. The molecule has 1 heterocycles. The van der Waals surface area contributed by atoms with Crippen LogP contribution < -0.4 is 0 Å². The molecule has 1 fully saturated rings. The van der Waals surface area contributed by atoms with Crippen molar-refractivity contribution in [3.8, 4) is 0 Å². The number of cyclic esters (lactones) is 1. The van der Waals surface area contributed by atoms with Crippen LogP contribution in [0.3, 0.4) is 0 Å². The van der Waals surface area contributed by atoms with Gasteiger partial charge in [-0.2, -0.15) is 0 Å². The molecular formula is C12H22O2. The smallest absolute Gasteiger partial charge is 0.309 e. The van der Waals surface area contributed by atoms with E-state index in [0.717, 1.165) is 6.42 Å². The topological polar surface area (TPSA) is 26.3 Å². The van der Waals surface area contributed by atoms with Gasteiger partial charge in [-0.15, -0.1) is 0 Å². The largest absolute Gasteiger partial charge is 0.462 e. The average Bonchev–Trinajstić information content (AvgIpc) is 2.13. The monoisotopic (exact) mass is 198 g/mol. The number of rotatable bonds is 8. The Kier molecular flexibility index (Phi) is 5.65. The first-order valence-electron chi connectivity index (χ1n) is 6.02. The molecule has 0 spiro atoms. The van der Waals surface area contributed by atoms with E-state index >= 15 is 0 Å². The van der Waals surface area contributed by atoms with Crippen molar-refractivity contribution in [3.63, 3.8) is 0 Å². The number of carbonyl (C=O) groups excluding carboxylic acids is 1. The molecule has 1 rings (SSSR count). The first-order valence-corrected chi connectivity index (χ1v) is 6.02. The number of ether oxygens (including phenoxy) is 1. The Morgan fingerprint density at radius 3 is 2.29 bits per heavy atom. The molecule has 0 N–H and O–H groups in total. The van der Waals surface area contributed by atoms with Gasteiger partial charge < -0.3 is 4.74 Å². The fourth-order valence-corrected chi connectivity index (χ4v) is 1.85. The summed E-state index contributed by atoms with van der Waals surface area (Å²) in [6, 6.07) is 0. The molecule has 1 atom stereocenters. The Bertz CT molecular complexity index is 158. The van der Waals surface area contributed by atoms with E-state index < -0.39 is 0 Å². The average molecular weight is 198 g/mol. The van der Waals surface area contributed by atoms with Crippen molar-refractivity contribution in [2.45, 2.75) is 70.8 Å². The Morgan fingerprint density at radius 2 is 1.71 bits per heavy atom. The summed E-state index contributed by atoms with van der Waals surface area (Å²) in [5.41, 5.74) is 0. The lowest BCUT2D eigenvalue weighted by molar-refractivity contribution is -0.169. The second kappa shape index (κ2) is 6.86. The van der Waals surface area contributed by atoms with Gasteiger partial charge in [0.2, 0.25) is 0 Å². The molecular weight excluding hydrogens is 176 g/mol. The molecule has 0 radical (unpaired) electrons. The van der Waals surface area contributed by atoms with Crippen molar-refractivity contribution in [3.05, 3.63) is 0 Å². The molecule has 0 aromatic heterocycles. The highest BCUT2D eigenvalue weighted by atomic mass is 16.6. The van der Waals surface area contributed by atoms with E-state index in [1.165, 1.54) is 44.9 Å². The van der Waals surface area contributed by atoms with Crippen LogP contribution in [0.25, 0.3) is 0 Å². The standard InChI is InChI=1S/C12H22O2/c1-2-3-4-5-6-7-8-9-11-10-12(13)14-11/h11H,2-10H2,1H3. The van der Waals surface area contributed by atoms with Gasteiger partial charge in [0.05, 0.1) is 6.42 Å². The fraction of sp³-hybridized carbons (Fsp3) is 0.917. The predicted molar refractivity (Wildman–Crippen MR) is 57.1 cm³/mol. The summed E-state index contributed by atoms with van der Waals surface area (Å²) < 4.78 is 4.95. The van der Waals surface area contributed by atoms with Crippen LogP contribution in [0.1, 0.15) is 64.7 Å². The van der Waals surface area contributed by atoms with Crippen LogP contribution in [0.4, 0.5) is 0 Å². The van der Waals surface area contributed by atoms with E-state index in [9.17, 15) is 4.79 Å². The minimum atomic E-state index is -0.0158. The first-order chi connectivity index (χ1) is 6.83. The van der Waals surface area contributed by atoms with Gasteiger partial charge in [-0.05, 0) is 12.8 Å². The van der Waals surface area contributed by atoms with Crippen LogP contribution in [0.2, 0.25) is 0 Å². The fourth-order valence-electron chi connectivity index (χ4n) is 1.85. The molecule has 0 aromatic carbocycles. The lowest BCUT2D eigenvalue weighted by Crippen LogP contribution is -2.32. The molecule has 2 nitrogen and oxygen atoms in total. The van der Waals surface area contributed by atoms with Gasteiger partial charge in [0.25, 0.3) is 0 Å². The Morgan fingerprint density at radius 1 is 1.14 bits per heavy atom. The van der Waals surface area contributed by atoms with Gasteiger partial charge in [-0.1, -0.05) is 45.4 Å². The van der Waals surface area contributed by atoms with Crippen molar-refractivity contribution in [1.82, 2.24) is 0 Å². The highest BCUT2D eigenvalue weighted by Gasteiger charge is 2.27. The maximum Gasteiger partial charge on any atom is 0.309 e. The molecule has 0 aromatic rings. The quantitative estimate of drug-likeness (QED) is 0.441. The third kappa shape index (κ3) is 4.64. The molecule has 0 bridgehead atoms. The molecule has 0 saturated carbocycles. The van der Waals surface area contributed by atoms with Gasteiger partial charge in [-0.3, -0.25) is 4.79 Å². The van der Waals surface area contributed by atoms with Crippen molar-refractivity contribution >= 4 is 5.97 Å². The summed E-state index contributed by atoms with van der Waals surface area (Å²) in [6.07, 6.45) is 11.3. The molecule has 2 heteroatoms. The summed E-state index contributed by atoms with van der Waals surface area (Å²) in [5.74, 6) is -0.0158. The molecule has 82 valence electrons. The summed E-state index contributed by atoms with van der Waals surface area (Å²) in [5, 5.41) is 0. The molecule has 1 saturated heterocycles. The second-order valence-corrected chi connectivity index (χ2v) is 4.23. The van der Waals surface area contributed by atoms with Crippen LogP contribution in [0, 0.1) is 0 Å². The minimum absolute atomic E-state index is 0.0158. The number of esters is 1. The molecule has 1 aliphatic rings. The predicted octanol–water partition coefficient (Wildman–Crippen LogP) is 3.44. The van der Waals surface area contributed by atoms with E-state index in [1.54, 1.807) is 0 Å². The number of carbonyl (C=O) groups is 1. The minimum Gasteiger partial charge on any atom is -0.462 e. The van der Waals surface area contributed by atoms with E-state index in [1.807, 2.05) is 0 Å². The van der Waals surface area contributed by atoms with E-state index in [2.05, 4.69) is 6.92 Å². The van der Waals surface area contributed by atoms with Crippen LogP contribution in [0.15, 0.2) is 0 Å². The van der Waals surface area contributed by atoms with Crippen LogP contribution in [-0.4, -0.2) is 12.1 Å². The molecule has 0 amide bonds. The lowest BCUT2D eigenvalue weighted by Gasteiger charge is -2.25. The Balaban J connectivity index is 1.74. The van der Waals surface area contributed by atoms with Crippen molar-refractivity contribution in [2.75, 3.05) is 0 Å². The SMILES string of the molecule is CCCCCCCCCC1CC(=O)O1. The van der Waals surface area contributed by atoms with Crippen LogP contribution >= 0.6 is 0 Å². The maximum absolute atomic E-state index is 10.5. The maximum atomic E-state index is 10.5.